The van der Waals surface area contributed by atoms with Gasteiger partial charge >= 0.3 is 0 Å². The molecule has 0 spiro atoms. The monoisotopic (exact) mass is 313 g/mol. The van der Waals surface area contributed by atoms with Crippen LogP contribution in [0.3, 0.4) is 0 Å². The first kappa shape index (κ1) is 15.7. The van der Waals surface area contributed by atoms with E-state index in [-0.39, 0.29) is 11.9 Å². The summed E-state index contributed by atoms with van der Waals surface area (Å²) in [5.41, 5.74) is 3.22. The van der Waals surface area contributed by atoms with E-state index in [4.69, 9.17) is 4.74 Å². The molecular formula is C18H23N3O2. The second-order valence-corrected chi connectivity index (χ2v) is 5.80. The number of fused-ring (bicyclic) bond motifs is 1. The van der Waals surface area contributed by atoms with Crippen molar-refractivity contribution in [2.75, 3.05) is 6.61 Å². The Morgan fingerprint density at radius 3 is 3.00 bits per heavy atom. The molecule has 0 bridgehead atoms. The SMILES string of the molecule is CC[C@@H](NC(=O)[C@@H]1OCCc2ccccc21)c1cnn(CC)c1. The molecule has 0 fully saturated rings. The summed E-state index contributed by atoms with van der Waals surface area (Å²) in [6.45, 7) is 5.51. The van der Waals surface area contributed by atoms with E-state index in [1.807, 2.05) is 42.2 Å². The van der Waals surface area contributed by atoms with Crippen molar-refractivity contribution in [2.24, 2.45) is 0 Å². The van der Waals surface area contributed by atoms with Gasteiger partial charge in [-0.3, -0.25) is 9.48 Å². The summed E-state index contributed by atoms with van der Waals surface area (Å²) in [6, 6.07) is 7.97. The zero-order chi connectivity index (χ0) is 16.2. The zero-order valence-corrected chi connectivity index (χ0v) is 13.7. The van der Waals surface area contributed by atoms with E-state index >= 15 is 0 Å². The Balaban J connectivity index is 1.75. The highest BCUT2D eigenvalue weighted by molar-refractivity contribution is 5.83. The molecule has 23 heavy (non-hydrogen) atoms. The van der Waals surface area contributed by atoms with Gasteiger partial charge in [0.1, 0.15) is 0 Å². The van der Waals surface area contributed by atoms with Crippen molar-refractivity contribution in [2.45, 2.75) is 45.4 Å². The van der Waals surface area contributed by atoms with Crippen molar-refractivity contribution < 1.29 is 9.53 Å². The molecule has 1 aromatic heterocycles. The van der Waals surface area contributed by atoms with E-state index in [0.717, 1.165) is 30.5 Å². The third-order valence-electron chi connectivity index (χ3n) is 4.34. The fourth-order valence-electron chi connectivity index (χ4n) is 3.01. The number of benzene rings is 1. The highest BCUT2D eigenvalue weighted by Crippen LogP contribution is 2.28. The van der Waals surface area contributed by atoms with Crippen LogP contribution >= 0.6 is 0 Å². The van der Waals surface area contributed by atoms with E-state index < -0.39 is 6.10 Å². The van der Waals surface area contributed by atoms with E-state index in [1.165, 1.54) is 5.56 Å². The summed E-state index contributed by atoms with van der Waals surface area (Å²) in [6.07, 6.45) is 4.98. The average Bonchev–Trinajstić information content (AvgIpc) is 3.08. The predicted molar refractivity (Wildman–Crippen MR) is 87.9 cm³/mol. The second-order valence-electron chi connectivity index (χ2n) is 5.80. The number of carbonyl (C=O) groups excluding carboxylic acids is 1. The number of carbonyl (C=O) groups is 1. The molecule has 5 nitrogen and oxygen atoms in total. The van der Waals surface area contributed by atoms with Crippen LogP contribution in [0.25, 0.3) is 0 Å². The molecule has 0 unspecified atom stereocenters. The van der Waals surface area contributed by atoms with E-state index in [9.17, 15) is 4.79 Å². The number of nitrogens with one attached hydrogen (secondary N) is 1. The summed E-state index contributed by atoms with van der Waals surface area (Å²) < 4.78 is 7.61. The first-order valence-corrected chi connectivity index (χ1v) is 8.25. The van der Waals surface area contributed by atoms with Gasteiger partial charge in [-0.25, -0.2) is 0 Å². The summed E-state index contributed by atoms with van der Waals surface area (Å²) in [5.74, 6) is -0.0757. The van der Waals surface area contributed by atoms with E-state index in [1.54, 1.807) is 0 Å². The standard InChI is InChI=1S/C18H23N3O2/c1-3-16(14-11-19-21(4-2)12-14)20-18(22)17-15-8-6-5-7-13(15)9-10-23-17/h5-8,11-12,16-17H,3-4,9-10H2,1-2H3,(H,20,22)/t16-,17-/m1/s1. The van der Waals surface area contributed by atoms with Gasteiger partial charge in [0.05, 0.1) is 18.8 Å². The number of ether oxygens (including phenoxy) is 1. The average molecular weight is 313 g/mol. The number of aromatic nitrogens is 2. The molecule has 2 aromatic rings. The third-order valence-corrected chi connectivity index (χ3v) is 4.34. The van der Waals surface area contributed by atoms with Crippen LogP contribution in [0.2, 0.25) is 0 Å². The Bertz CT molecular complexity index is 680. The number of nitrogens with zero attached hydrogens (tertiary/aromatic N) is 2. The molecule has 3 rings (SSSR count). The van der Waals surface area contributed by atoms with Gasteiger partial charge in [0.2, 0.25) is 0 Å². The molecule has 0 saturated heterocycles. The lowest BCUT2D eigenvalue weighted by Crippen LogP contribution is -2.36. The van der Waals surface area contributed by atoms with Crippen LogP contribution in [-0.4, -0.2) is 22.3 Å². The van der Waals surface area contributed by atoms with Crippen molar-refractivity contribution >= 4 is 5.91 Å². The van der Waals surface area contributed by atoms with Crippen molar-refractivity contribution in [1.29, 1.82) is 0 Å². The number of aryl methyl sites for hydroxylation is 1. The summed E-state index contributed by atoms with van der Waals surface area (Å²) in [7, 11) is 0. The van der Waals surface area contributed by atoms with Crippen molar-refractivity contribution in [3.8, 4) is 0 Å². The highest BCUT2D eigenvalue weighted by atomic mass is 16.5. The smallest absolute Gasteiger partial charge is 0.254 e. The Hall–Kier alpha value is -2.14. The Morgan fingerprint density at radius 1 is 1.43 bits per heavy atom. The van der Waals surface area contributed by atoms with Gasteiger partial charge in [-0.1, -0.05) is 31.2 Å². The number of hydrogen-bond acceptors (Lipinski definition) is 3. The maximum absolute atomic E-state index is 12.7. The molecule has 0 aliphatic carbocycles. The van der Waals surface area contributed by atoms with Crippen LogP contribution in [0.15, 0.2) is 36.7 Å². The second kappa shape index (κ2) is 6.96. The number of hydrogen-bond donors (Lipinski definition) is 1. The quantitative estimate of drug-likeness (QED) is 0.923. The summed E-state index contributed by atoms with van der Waals surface area (Å²) in [4.78, 5) is 12.7. The Kier molecular flexibility index (Phi) is 4.76. The minimum Gasteiger partial charge on any atom is -0.363 e. The van der Waals surface area contributed by atoms with Gasteiger partial charge in [0.15, 0.2) is 6.10 Å². The largest absolute Gasteiger partial charge is 0.363 e. The zero-order valence-electron chi connectivity index (χ0n) is 13.7. The maximum Gasteiger partial charge on any atom is 0.254 e. The minimum atomic E-state index is -0.518. The normalized spacial score (nSPS) is 18.3. The molecule has 122 valence electrons. The lowest BCUT2D eigenvalue weighted by atomic mass is 9.96. The van der Waals surface area contributed by atoms with Crippen LogP contribution in [0, 0.1) is 0 Å². The Labute approximate surface area is 136 Å². The van der Waals surface area contributed by atoms with Crippen molar-refractivity contribution in [3.63, 3.8) is 0 Å². The van der Waals surface area contributed by atoms with Gasteiger partial charge in [0, 0.05) is 18.3 Å². The van der Waals surface area contributed by atoms with Gasteiger partial charge in [-0.05, 0) is 30.9 Å². The lowest BCUT2D eigenvalue weighted by Gasteiger charge is -2.27. The fourth-order valence-corrected chi connectivity index (χ4v) is 3.01. The van der Waals surface area contributed by atoms with Crippen molar-refractivity contribution in [1.82, 2.24) is 15.1 Å². The molecule has 5 heteroatoms. The van der Waals surface area contributed by atoms with Crippen LogP contribution < -0.4 is 5.32 Å². The van der Waals surface area contributed by atoms with Crippen LogP contribution in [-0.2, 0) is 22.5 Å². The van der Waals surface area contributed by atoms with Gasteiger partial charge < -0.3 is 10.1 Å². The number of rotatable bonds is 5. The van der Waals surface area contributed by atoms with Crippen molar-refractivity contribution in [3.05, 3.63) is 53.3 Å². The van der Waals surface area contributed by atoms with Crippen LogP contribution in [0.1, 0.15) is 49.1 Å². The highest BCUT2D eigenvalue weighted by Gasteiger charge is 2.28. The van der Waals surface area contributed by atoms with E-state index in [2.05, 4.69) is 23.4 Å². The van der Waals surface area contributed by atoms with Gasteiger partial charge in [-0.2, -0.15) is 5.10 Å². The third kappa shape index (κ3) is 3.29. The fraction of sp³-hybridized carbons (Fsp3) is 0.444. The summed E-state index contributed by atoms with van der Waals surface area (Å²) >= 11 is 0. The molecule has 1 aliphatic rings. The lowest BCUT2D eigenvalue weighted by molar-refractivity contribution is -0.135. The van der Waals surface area contributed by atoms with Gasteiger partial charge in [0.25, 0.3) is 5.91 Å². The van der Waals surface area contributed by atoms with Crippen LogP contribution in [0.5, 0.6) is 0 Å². The maximum atomic E-state index is 12.7. The molecule has 0 radical (unpaired) electrons. The summed E-state index contributed by atoms with van der Waals surface area (Å²) in [5, 5.41) is 7.41. The molecule has 2 heterocycles. The Morgan fingerprint density at radius 2 is 2.26 bits per heavy atom. The van der Waals surface area contributed by atoms with Crippen LogP contribution in [0.4, 0.5) is 0 Å². The minimum absolute atomic E-state index is 0.0412. The first-order chi connectivity index (χ1) is 11.2. The topological polar surface area (TPSA) is 56.1 Å². The molecule has 1 aromatic carbocycles. The molecule has 1 amide bonds. The van der Waals surface area contributed by atoms with E-state index in [0.29, 0.717) is 6.61 Å². The molecule has 1 aliphatic heterocycles. The molecular weight excluding hydrogens is 290 g/mol. The predicted octanol–water partition coefficient (Wildman–Crippen LogP) is 2.78. The first-order valence-electron chi connectivity index (χ1n) is 8.25. The molecule has 1 N–H and O–H groups in total. The van der Waals surface area contributed by atoms with Gasteiger partial charge in [-0.15, -0.1) is 0 Å². The number of amides is 1. The molecule has 0 saturated carbocycles. The molecule has 2 atom stereocenters.